The summed E-state index contributed by atoms with van der Waals surface area (Å²) in [7, 11) is 0. The molecule has 0 spiro atoms. The summed E-state index contributed by atoms with van der Waals surface area (Å²) in [6.45, 7) is 1.36. The van der Waals surface area contributed by atoms with Gasteiger partial charge < -0.3 is 24.3 Å². The number of nitrogens with one attached hydrogen (secondary N) is 1. The maximum absolute atomic E-state index is 12.2. The highest BCUT2D eigenvalue weighted by Gasteiger charge is 2.48. The van der Waals surface area contributed by atoms with Crippen molar-refractivity contribution in [3.63, 3.8) is 0 Å². The SMILES string of the molecule is O=C(COc1ccccc1)NC1COC2C(OCc3ccccc3)COC12. The smallest absolute Gasteiger partial charge is 0.258 e. The van der Waals surface area contributed by atoms with Crippen molar-refractivity contribution in [1.29, 1.82) is 0 Å². The first-order chi connectivity index (χ1) is 13.3. The van der Waals surface area contributed by atoms with Gasteiger partial charge in [0.05, 0.1) is 25.9 Å². The van der Waals surface area contributed by atoms with Crippen molar-refractivity contribution in [3.05, 3.63) is 66.2 Å². The summed E-state index contributed by atoms with van der Waals surface area (Å²) in [6.07, 6.45) is -0.474. The minimum Gasteiger partial charge on any atom is -0.484 e. The molecular weight excluding hydrogens is 346 g/mol. The average molecular weight is 369 g/mol. The molecule has 0 aliphatic carbocycles. The summed E-state index contributed by atoms with van der Waals surface area (Å²) in [5, 5.41) is 2.95. The van der Waals surface area contributed by atoms with Crippen molar-refractivity contribution in [2.75, 3.05) is 19.8 Å². The number of carbonyl (C=O) groups excluding carboxylic acids is 1. The van der Waals surface area contributed by atoms with Crippen molar-refractivity contribution in [1.82, 2.24) is 5.32 Å². The van der Waals surface area contributed by atoms with Crippen LogP contribution in [-0.2, 0) is 25.6 Å². The average Bonchev–Trinajstić information content (AvgIpc) is 3.29. The van der Waals surface area contributed by atoms with Gasteiger partial charge in [0.2, 0.25) is 0 Å². The van der Waals surface area contributed by atoms with E-state index in [2.05, 4.69) is 5.32 Å². The monoisotopic (exact) mass is 369 g/mol. The molecule has 1 N–H and O–H groups in total. The van der Waals surface area contributed by atoms with Crippen LogP contribution in [0.1, 0.15) is 5.56 Å². The number of amides is 1. The topological polar surface area (TPSA) is 66.0 Å². The van der Waals surface area contributed by atoms with E-state index in [1.165, 1.54) is 0 Å². The fourth-order valence-electron chi connectivity index (χ4n) is 3.42. The molecule has 0 bridgehead atoms. The minimum absolute atomic E-state index is 0.0359. The zero-order valence-corrected chi connectivity index (χ0v) is 15.0. The first-order valence-corrected chi connectivity index (χ1v) is 9.15. The summed E-state index contributed by atoms with van der Waals surface area (Å²) in [5.74, 6) is 0.477. The van der Waals surface area contributed by atoms with Crippen LogP contribution in [0.15, 0.2) is 60.7 Å². The maximum atomic E-state index is 12.2. The van der Waals surface area contributed by atoms with Crippen LogP contribution in [0.2, 0.25) is 0 Å². The minimum atomic E-state index is -0.189. The number of rotatable bonds is 7. The second-order valence-corrected chi connectivity index (χ2v) is 6.71. The van der Waals surface area contributed by atoms with Gasteiger partial charge in [0.1, 0.15) is 24.1 Å². The van der Waals surface area contributed by atoms with Crippen molar-refractivity contribution < 1.29 is 23.7 Å². The van der Waals surface area contributed by atoms with Crippen molar-refractivity contribution in [3.8, 4) is 5.75 Å². The lowest BCUT2D eigenvalue weighted by Crippen LogP contribution is -2.46. The molecule has 27 heavy (non-hydrogen) atoms. The Kier molecular flexibility index (Phi) is 5.67. The molecule has 0 aromatic heterocycles. The quantitative estimate of drug-likeness (QED) is 0.808. The van der Waals surface area contributed by atoms with Gasteiger partial charge in [-0.15, -0.1) is 0 Å². The first kappa shape index (κ1) is 18.0. The van der Waals surface area contributed by atoms with Crippen LogP contribution in [-0.4, -0.2) is 50.1 Å². The van der Waals surface area contributed by atoms with E-state index in [1.807, 2.05) is 60.7 Å². The lowest BCUT2D eigenvalue weighted by Gasteiger charge is -2.18. The van der Waals surface area contributed by atoms with E-state index in [1.54, 1.807) is 0 Å². The predicted octanol–water partition coefficient (Wildman–Crippen LogP) is 1.93. The zero-order valence-electron chi connectivity index (χ0n) is 15.0. The zero-order chi connectivity index (χ0) is 18.5. The number of para-hydroxylation sites is 1. The molecule has 4 atom stereocenters. The van der Waals surface area contributed by atoms with E-state index in [0.717, 1.165) is 5.56 Å². The Labute approximate surface area is 158 Å². The van der Waals surface area contributed by atoms with E-state index >= 15 is 0 Å². The van der Waals surface area contributed by atoms with Gasteiger partial charge in [-0.3, -0.25) is 4.79 Å². The summed E-state index contributed by atoms with van der Waals surface area (Å²) in [6, 6.07) is 19.1. The van der Waals surface area contributed by atoms with Gasteiger partial charge in [-0.2, -0.15) is 0 Å². The maximum Gasteiger partial charge on any atom is 0.258 e. The van der Waals surface area contributed by atoms with Gasteiger partial charge in [0.15, 0.2) is 6.61 Å². The van der Waals surface area contributed by atoms with Gasteiger partial charge in [-0.25, -0.2) is 0 Å². The van der Waals surface area contributed by atoms with Gasteiger partial charge in [-0.05, 0) is 17.7 Å². The van der Waals surface area contributed by atoms with Gasteiger partial charge >= 0.3 is 0 Å². The molecule has 4 rings (SSSR count). The van der Waals surface area contributed by atoms with E-state index < -0.39 is 0 Å². The summed E-state index contributed by atoms with van der Waals surface area (Å²) in [5.41, 5.74) is 1.11. The van der Waals surface area contributed by atoms with Crippen LogP contribution in [0.5, 0.6) is 5.75 Å². The molecule has 6 heteroatoms. The molecule has 0 saturated carbocycles. The standard InChI is InChI=1S/C21H23NO5/c23-19(14-24-16-9-5-2-6-10-16)22-17-12-26-21-18(13-27-20(17)21)25-11-15-7-3-1-4-8-15/h1-10,17-18,20-21H,11-14H2,(H,22,23). The third kappa shape index (κ3) is 4.47. The lowest BCUT2D eigenvalue weighted by molar-refractivity contribution is -0.124. The molecule has 2 fully saturated rings. The number of ether oxygens (including phenoxy) is 4. The van der Waals surface area contributed by atoms with Crippen LogP contribution in [0.25, 0.3) is 0 Å². The second kappa shape index (κ2) is 8.52. The third-order valence-electron chi connectivity index (χ3n) is 4.77. The van der Waals surface area contributed by atoms with Crippen LogP contribution in [0.3, 0.4) is 0 Å². The Morgan fingerprint density at radius 1 is 0.963 bits per heavy atom. The molecule has 142 valence electrons. The molecule has 1 amide bonds. The highest BCUT2D eigenvalue weighted by molar-refractivity contribution is 5.78. The van der Waals surface area contributed by atoms with E-state index in [4.69, 9.17) is 18.9 Å². The molecule has 0 radical (unpaired) electrons. The molecule has 2 aliphatic heterocycles. The molecule has 6 nitrogen and oxygen atoms in total. The molecule has 2 aromatic rings. The normalized spacial score (nSPS) is 26.5. The Bertz CT molecular complexity index is 739. The van der Waals surface area contributed by atoms with Crippen LogP contribution >= 0.6 is 0 Å². The molecule has 2 aliphatic rings. The number of hydrogen-bond donors (Lipinski definition) is 1. The summed E-state index contributed by atoms with van der Waals surface area (Å²) < 4.78 is 23.2. The van der Waals surface area contributed by atoms with Crippen LogP contribution in [0.4, 0.5) is 0 Å². The van der Waals surface area contributed by atoms with Gasteiger partial charge in [0, 0.05) is 0 Å². The molecule has 2 heterocycles. The predicted molar refractivity (Wildman–Crippen MR) is 98.4 cm³/mol. The number of hydrogen-bond acceptors (Lipinski definition) is 5. The number of fused-ring (bicyclic) bond motifs is 1. The summed E-state index contributed by atoms with van der Waals surface area (Å²) in [4.78, 5) is 12.2. The van der Waals surface area contributed by atoms with E-state index in [-0.39, 0.29) is 36.9 Å². The van der Waals surface area contributed by atoms with Gasteiger partial charge in [0.25, 0.3) is 5.91 Å². The first-order valence-electron chi connectivity index (χ1n) is 9.15. The summed E-state index contributed by atoms with van der Waals surface area (Å²) >= 11 is 0. The van der Waals surface area contributed by atoms with E-state index in [0.29, 0.717) is 25.6 Å². The fourth-order valence-corrected chi connectivity index (χ4v) is 3.42. The number of benzene rings is 2. The molecule has 2 aromatic carbocycles. The molecule has 4 unspecified atom stereocenters. The Morgan fingerprint density at radius 3 is 2.44 bits per heavy atom. The van der Waals surface area contributed by atoms with Crippen molar-refractivity contribution in [2.45, 2.75) is 31.0 Å². The highest BCUT2D eigenvalue weighted by Crippen LogP contribution is 2.29. The third-order valence-corrected chi connectivity index (χ3v) is 4.77. The Hall–Kier alpha value is -2.41. The Balaban J connectivity index is 1.24. The Morgan fingerprint density at radius 2 is 1.67 bits per heavy atom. The molecular formula is C21H23NO5. The van der Waals surface area contributed by atoms with Gasteiger partial charge in [-0.1, -0.05) is 48.5 Å². The lowest BCUT2D eigenvalue weighted by atomic mass is 10.1. The van der Waals surface area contributed by atoms with Crippen molar-refractivity contribution >= 4 is 5.91 Å². The van der Waals surface area contributed by atoms with Crippen molar-refractivity contribution in [2.24, 2.45) is 0 Å². The second-order valence-electron chi connectivity index (χ2n) is 6.71. The highest BCUT2D eigenvalue weighted by atomic mass is 16.6. The van der Waals surface area contributed by atoms with Crippen LogP contribution in [0, 0.1) is 0 Å². The molecule has 2 saturated heterocycles. The number of carbonyl (C=O) groups is 1. The largest absolute Gasteiger partial charge is 0.484 e. The van der Waals surface area contributed by atoms with Crippen LogP contribution < -0.4 is 10.1 Å². The fraction of sp³-hybridized carbons (Fsp3) is 0.381. The van der Waals surface area contributed by atoms with E-state index in [9.17, 15) is 4.79 Å².